The molecule has 0 saturated heterocycles. The van der Waals surface area contributed by atoms with Gasteiger partial charge in [-0.3, -0.25) is 9.69 Å². The quantitative estimate of drug-likeness (QED) is 0.526. The van der Waals surface area contributed by atoms with Crippen LogP contribution < -0.4 is 20.1 Å². The van der Waals surface area contributed by atoms with E-state index in [0.717, 1.165) is 16.9 Å². The van der Waals surface area contributed by atoms with Crippen molar-refractivity contribution in [3.8, 4) is 11.5 Å². The summed E-state index contributed by atoms with van der Waals surface area (Å²) in [5.41, 5.74) is 8.80. The first-order valence-electron chi connectivity index (χ1n) is 7.87. The Morgan fingerprint density at radius 3 is 2.64 bits per heavy atom. The van der Waals surface area contributed by atoms with Crippen molar-refractivity contribution in [2.45, 2.75) is 6.92 Å². The topological polar surface area (TPSA) is 64.8 Å². The molecule has 1 aliphatic heterocycles. The van der Waals surface area contributed by atoms with E-state index in [1.54, 1.807) is 36.3 Å². The Kier molecular flexibility index (Phi) is 4.48. The van der Waals surface area contributed by atoms with Crippen molar-refractivity contribution in [2.24, 2.45) is 0 Å². The van der Waals surface area contributed by atoms with Crippen molar-refractivity contribution < 1.29 is 14.3 Å². The molecule has 0 saturated carbocycles. The summed E-state index contributed by atoms with van der Waals surface area (Å²) in [6, 6.07) is 12.7. The van der Waals surface area contributed by atoms with Crippen LogP contribution in [0.1, 0.15) is 12.5 Å². The van der Waals surface area contributed by atoms with Gasteiger partial charge in [0.15, 0.2) is 11.5 Å². The summed E-state index contributed by atoms with van der Waals surface area (Å²) in [4.78, 5) is 14.5. The first kappa shape index (κ1) is 16.6. The van der Waals surface area contributed by atoms with Crippen molar-refractivity contribution >= 4 is 23.4 Å². The van der Waals surface area contributed by atoms with Gasteiger partial charge in [-0.1, -0.05) is 24.3 Å². The summed E-state index contributed by atoms with van der Waals surface area (Å²) in [6.45, 7) is 6.19. The first-order chi connectivity index (χ1) is 12.0. The number of carbonyl (C=O) groups is 1. The molecule has 0 bridgehead atoms. The molecule has 0 spiro atoms. The van der Waals surface area contributed by atoms with Gasteiger partial charge in [-0.15, -0.1) is 0 Å². The predicted molar refractivity (Wildman–Crippen MR) is 99.6 cm³/mol. The standard InChI is InChI=1S/C20H20N2O3/c1-13(2)12-22-17-11-15(21)6-9-18(17)25-19(20(22)23)10-14-4-7-16(24-3)8-5-14/h4-11H,1,12,21H2,2-3H3/b19-10+. The average Bonchev–Trinajstić information content (AvgIpc) is 2.59. The number of ether oxygens (including phenoxy) is 2. The number of nitrogens with zero attached hydrogens (tertiary/aromatic N) is 1. The number of anilines is 2. The van der Waals surface area contributed by atoms with Gasteiger partial charge in [-0.25, -0.2) is 0 Å². The van der Waals surface area contributed by atoms with Crippen LogP contribution in [0.25, 0.3) is 6.08 Å². The lowest BCUT2D eigenvalue weighted by Gasteiger charge is -2.31. The Morgan fingerprint density at radius 1 is 1.28 bits per heavy atom. The van der Waals surface area contributed by atoms with Crippen molar-refractivity contribution in [3.05, 3.63) is 65.9 Å². The molecule has 1 heterocycles. The molecule has 1 amide bonds. The van der Waals surface area contributed by atoms with E-state index in [-0.39, 0.29) is 11.7 Å². The molecule has 0 unspecified atom stereocenters. The smallest absolute Gasteiger partial charge is 0.294 e. The molecule has 0 aliphatic carbocycles. The van der Waals surface area contributed by atoms with Crippen LogP contribution in [0.2, 0.25) is 0 Å². The van der Waals surface area contributed by atoms with Crippen LogP contribution in [0.5, 0.6) is 11.5 Å². The van der Waals surface area contributed by atoms with Crippen molar-refractivity contribution in [3.63, 3.8) is 0 Å². The molecule has 2 aromatic carbocycles. The van der Waals surface area contributed by atoms with Gasteiger partial charge in [0.1, 0.15) is 5.75 Å². The van der Waals surface area contributed by atoms with E-state index in [4.69, 9.17) is 15.2 Å². The van der Waals surface area contributed by atoms with Gasteiger partial charge in [0.2, 0.25) is 0 Å². The highest BCUT2D eigenvalue weighted by Crippen LogP contribution is 2.37. The van der Waals surface area contributed by atoms with Gasteiger partial charge in [0.05, 0.1) is 12.8 Å². The maximum atomic E-state index is 12.9. The zero-order valence-corrected chi connectivity index (χ0v) is 14.3. The predicted octanol–water partition coefficient (Wildman–Crippen LogP) is 3.62. The minimum atomic E-state index is -0.225. The van der Waals surface area contributed by atoms with E-state index in [9.17, 15) is 4.79 Å². The van der Waals surface area contributed by atoms with E-state index < -0.39 is 0 Å². The molecule has 0 radical (unpaired) electrons. The Balaban J connectivity index is 2.01. The Morgan fingerprint density at radius 2 is 2.00 bits per heavy atom. The van der Waals surface area contributed by atoms with Crippen molar-refractivity contribution in [2.75, 3.05) is 24.3 Å². The van der Waals surface area contributed by atoms with Gasteiger partial charge in [0.25, 0.3) is 5.91 Å². The number of nitrogens with two attached hydrogens (primary N) is 1. The molecule has 2 aromatic rings. The molecular formula is C20H20N2O3. The molecule has 128 valence electrons. The van der Waals surface area contributed by atoms with E-state index >= 15 is 0 Å². The second-order valence-corrected chi connectivity index (χ2v) is 5.96. The zero-order chi connectivity index (χ0) is 18.0. The van der Waals surface area contributed by atoms with Crippen LogP contribution in [0, 0.1) is 0 Å². The van der Waals surface area contributed by atoms with Gasteiger partial charge in [-0.2, -0.15) is 0 Å². The lowest BCUT2D eigenvalue weighted by Crippen LogP contribution is -2.38. The highest BCUT2D eigenvalue weighted by Gasteiger charge is 2.30. The Hall–Kier alpha value is -3.21. The molecule has 0 aromatic heterocycles. The van der Waals surface area contributed by atoms with Crippen LogP contribution in [-0.2, 0) is 4.79 Å². The summed E-state index contributed by atoms with van der Waals surface area (Å²) in [6.07, 6.45) is 1.71. The van der Waals surface area contributed by atoms with Crippen molar-refractivity contribution in [1.82, 2.24) is 0 Å². The number of benzene rings is 2. The molecule has 25 heavy (non-hydrogen) atoms. The van der Waals surface area contributed by atoms with Crippen LogP contribution in [-0.4, -0.2) is 19.6 Å². The SMILES string of the molecule is C=C(C)CN1C(=O)/C(=C\c2ccc(OC)cc2)Oc2ccc(N)cc21. The van der Waals surface area contributed by atoms with Crippen LogP contribution in [0.15, 0.2) is 60.4 Å². The highest BCUT2D eigenvalue weighted by atomic mass is 16.5. The molecule has 1 aliphatic rings. The molecule has 5 nitrogen and oxygen atoms in total. The third kappa shape index (κ3) is 3.50. The second kappa shape index (κ2) is 6.73. The first-order valence-corrected chi connectivity index (χ1v) is 7.87. The maximum Gasteiger partial charge on any atom is 0.294 e. The number of hydrogen-bond acceptors (Lipinski definition) is 4. The van der Waals surface area contributed by atoms with E-state index in [1.807, 2.05) is 31.2 Å². The zero-order valence-electron chi connectivity index (χ0n) is 14.3. The third-order valence-corrected chi connectivity index (χ3v) is 3.79. The van der Waals surface area contributed by atoms with E-state index in [0.29, 0.717) is 23.7 Å². The highest BCUT2D eigenvalue weighted by molar-refractivity contribution is 6.10. The average molecular weight is 336 g/mol. The van der Waals surface area contributed by atoms with E-state index in [2.05, 4.69) is 6.58 Å². The summed E-state index contributed by atoms with van der Waals surface area (Å²) in [7, 11) is 1.61. The molecule has 3 rings (SSSR count). The summed E-state index contributed by atoms with van der Waals surface area (Å²) < 4.78 is 11.0. The number of amides is 1. The normalized spacial score (nSPS) is 14.9. The van der Waals surface area contributed by atoms with Crippen LogP contribution >= 0.6 is 0 Å². The van der Waals surface area contributed by atoms with E-state index in [1.165, 1.54) is 0 Å². The Bertz CT molecular complexity index is 854. The summed E-state index contributed by atoms with van der Waals surface area (Å²) >= 11 is 0. The number of rotatable bonds is 4. The molecule has 2 N–H and O–H groups in total. The minimum Gasteiger partial charge on any atom is -0.497 e. The number of fused-ring (bicyclic) bond motifs is 1. The van der Waals surface area contributed by atoms with Crippen molar-refractivity contribution in [1.29, 1.82) is 0 Å². The second-order valence-electron chi connectivity index (χ2n) is 5.96. The molecule has 0 fully saturated rings. The summed E-state index contributed by atoms with van der Waals surface area (Å²) in [5.74, 6) is 1.37. The van der Waals surface area contributed by atoms with Crippen LogP contribution in [0.4, 0.5) is 11.4 Å². The molecule has 5 heteroatoms. The number of hydrogen-bond donors (Lipinski definition) is 1. The fraction of sp³-hybridized carbons (Fsp3) is 0.150. The van der Waals surface area contributed by atoms with Crippen LogP contribution in [0.3, 0.4) is 0 Å². The van der Waals surface area contributed by atoms with Gasteiger partial charge in [0, 0.05) is 12.2 Å². The molecule has 0 atom stereocenters. The fourth-order valence-corrected chi connectivity index (χ4v) is 2.61. The van der Waals surface area contributed by atoms with Gasteiger partial charge < -0.3 is 15.2 Å². The lowest BCUT2D eigenvalue weighted by atomic mass is 10.1. The summed E-state index contributed by atoms with van der Waals surface area (Å²) in [5, 5.41) is 0. The molecular weight excluding hydrogens is 316 g/mol. The lowest BCUT2D eigenvalue weighted by molar-refractivity contribution is -0.117. The Labute approximate surface area is 147 Å². The van der Waals surface area contributed by atoms with Gasteiger partial charge >= 0.3 is 0 Å². The maximum absolute atomic E-state index is 12.9. The third-order valence-electron chi connectivity index (χ3n) is 3.79. The number of carbonyl (C=O) groups excluding carboxylic acids is 1. The minimum absolute atomic E-state index is 0.225. The number of nitrogen functional groups attached to an aromatic ring is 1. The monoisotopic (exact) mass is 336 g/mol. The fourth-order valence-electron chi connectivity index (χ4n) is 2.61. The van der Waals surface area contributed by atoms with Gasteiger partial charge in [-0.05, 0) is 48.9 Å². The largest absolute Gasteiger partial charge is 0.497 e. The number of methoxy groups -OCH3 is 1.